The Hall–Kier alpha value is -1.24. The molecule has 0 unspecified atom stereocenters. The van der Waals surface area contributed by atoms with Gasteiger partial charge in [0.15, 0.2) is 0 Å². The molecule has 3 heterocycles. The summed E-state index contributed by atoms with van der Waals surface area (Å²) in [5.74, 6) is 1.30. The first-order valence-corrected chi connectivity index (χ1v) is 8.86. The Labute approximate surface area is 143 Å². The molecule has 2 aromatic rings. The number of halogens is 1. The Morgan fingerprint density at radius 2 is 1.83 bits per heavy atom. The van der Waals surface area contributed by atoms with Gasteiger partial charge in [0.2, 0.25) is 11.8 Å². The molecule has 0 saturated carbocycles. The van der Waals surface area contributed by atoms with Crippen molar-refractivity contribution in [3.63, 3.8) is 0 Å². The van der Waals surface area contributed by atoms with E-state index in [1.807, 2.05) is 0 Å². The average molecular weight is 379 g/mol. The van der Waals surface area contributed by atoms with Crippen LogP contribution in [-0.4, -0.2) is 30.0 Å². The molecule has 0 spiro atoms. The average Bonchev–Trinajstić information content (AvgIpc) is 3.28. The lowest BCUT2D eigenvalue weighted by Crippen LogP contribution is -2.35. The van der Waals surface area contributed by atoms with Gasteiger partial charge >= 0.3 is 0 Å². The molecule has 1 aromatic carbocycles. The summed E-state index contributed by atoms with van der Waals surface area (Å²) in [6, 6.07) is 8.38. The van der Waals surface area contributed by atoms with Crippen LogP contribution in [0.2, 0.25) is 0 Å². The molecule has 1 atom stereocenters. The Morgan fingerprint density at radius 3 is 2.52 bits per heavy atom. The van der Waals surface area contributed by atoms with Gasteiger partial charge in [-0.1, -0.05) is 28.1 Å². The molecule has 1 aromatic heterocycles. The van der Waals surface area contributed by atoms with Crippen molar-refractivity contribution in [3.05, 3.63) is 46.1 Å². The first-order chi connectivity index (χ1) is 11.3. The third-order valence-electron chi connectivity index (χ3n) is 4.80. The lowest BCUT2D eigenvalue weighted by Gasteiger charge is -2.34. The van der Waals surface area contributed by atoms with E-state index in [0.717, 1.165) is 36.8 Å². The Bertz CT molecular complexity index is 659. The highest BCUT2D eigenvalue weighted by Gasteiger charge is 2.42. The van der Waals surface area contributed by atoms with E-state index in [4.69, 9.17) is 13.9 Å². The minimum absolute atomic E-state index is 0.0435. The summed E-state index contributed by atoms with van der Waals surface area (Å²) in [5.41, 5.74) is 0.939. The standard InChI is InChI=1S/C17H19BrN2O3/c18-13-5-3-12(4-6-13)17(7-10-21-11-8-17)16-20-19-15(23-16)14-2-1-9-22-14/h3-6,14H,1-2,7-11H2/t14-/m0/s1. The van der Waals surface area contributed by atoms with E-state index in [-0.39, 0.29) is 11.5 Å². The molecule has 2 aliphatic heterocycles. The van der Waals surface area contributed by atoms with Gasteiger partial charge in [-0.2, -0.15) is 0 Å². The zero-order valence-corrected chi connectivity index (χ0v) is 14.4. The maximum Gasteiger partial charge on any atom is 0.245 e. The molecular weight excluding hydrogens is 360 g/mol. The molecule has 2 aliphatic rings. The number of hydrogen-bond donors (Lipinski definition) is 0. The van der Waals surface area contributed by atoms with Gasteiger partial charge in [0.05, 0.1) is 5.41 Å². The van der Waals surface area contributed by atoms with Crippen molar-refractivity contribution in [2.45, 2.75) is 37.2 Å². The molecule has 5 nitrogen and oxygen atoms in total. The van der Waals surface area contributed by atoms with E-state index in [1.165, 1.54) is 5.56 Å². The zero-order chi connectivity index (χ0) is 15.7. The molecule has 122 valence electrons. The summed E-state index contributed by atoms with van der Waals surface area (Å²) in [7, 11) is 0. The largest absolute Gasteiger partial charge is 0.421 e. The fraction of sp³-hybridized carbons (Fsp3) is 0.529. The molecule has 0 N–H and O–H groups in total. The number of aromatic nitrogens is 2. The first-order valence-electron chi connectivity index (χ1n) is 8.07. The van der Waals surface area contributed by atoms with Crippen LogP contribution >= 0.6 is 15.9 Å². The number of rotatable bonds is 3. The van der Waals surface area contributed by atoms with E-state index in [9.17, 15) is 0 Å². The number of hydrogen-bond acceptors (Lipinski definition) is 5. The van der Waals surface area contributed by atoms with Crippen LogP contribution in [0.15, 0.2) is 33.2 Å². The Kier molecular flexibility index (Phi) is 4.22. The van der Waals surface area contributed by atoms with Crippen LogP contribution < -0.4 is 0 Å². The lowest BCUT2D eigenvalue weighted by atomic mass is 9.74. The second-order valence-electron chi connectivity index (χ2n) is 6.15. The van der Waals surface area contributed by atoms with Crippen molar-refractivity contribution >= 4 is 15.9 Å². The molecule has 0 aliphatic carbocycles. The van der Waals surface area contributed by atoms with E-state index in [2.05, 4.69) is 50.4 Å². The van der Waals surface area contributed by atoms with Crippen molar-refractivity contribution in [1.82, 2.24) is 10.2 Å². The van der Waals surface area contributed by atoms with E-state index in [1.54, 1.807) is 0 Å². The third kappa shape index (κ3) is 2.84. The maximum atomic E-state index is 6.08. The molecule has 0 bridgehead atoms. The van der Waals surface area contributed by atoms with Crippen LogP contribution in [0.3, 0.4) is 0 Å². The minimum Gasteiger partial charge on any atom is -0.421 e. The monoisotopic (exact) mass is 378 g/mol. The van der Waals surface area contributed by atoms with Gasteiger partial charge in [0.25, 0.3) is 0 Å². The highest BCUT2D eigenvalue weighted by molar-refractivity contribution is 9.10. The van der Waals surface area contributed by atoms with E-state index in [0.29, 0.717) is 25.0 Å². The van der Waals surface area contributed by atoms with Gasteiger partial charge < -0.3 is 13.9 Å². The molecule has 2 fully saturated rings. The molecule has 6 heteroatoms. The number of benzene rings is 1. The van der Waals surface area contributed by atoms with Crippen molar-refractivity contribution in [2.75, 3.05) is 19.8 Å². The fourth-order valence-corrected chi connectivity index (χ4v) is 3.71. The topological polar surface area (TPSA) is 57.4 Å². The van der Waals surface area contributed by atoms with Gasteiger partial charge in [-0.05, 0) is 43.4 Å². The van der Waals surface area contributed by atoms with Gasteiger partial charge in [-0.15, -0.1) is 10.2 Å². The highest BCUT2D eigenvalue weighted by atomic mass is 79.9. The van der Waals surface area contributed by atoms with Gasteiger partial charge in [0.1, 0.15) is 6.10 Å². The Balaban J connectivity index is 1.72. The molecule has 0 radical (unpaired) electrons. The molecule has 23 heavy (non-hydrogen) atoms. The van der Waals surface area contributed by atoms with Crippen molar-refractivity contribution in [3.8, 4) is 0 Å². The smallest absolute Gasteiger partial charge is 0.245 e. The third-order valence-corrected chi connectivity index (χ3v) is 5.33. The van der Waals surface area contributed by atoms with Crippen LogP contribution in [0.25, 0.3) is 0 Å². The number of ether oxygens (including phenoxy) is 2. The van der Waals surface area contributed by atoms with Crippen LogP contribution in [-0.2, 0) is 14.9 Å². The lowest BCUT2D eigenvalue weighted by molar-refractivity contribution is 0.0504. The summed E-state index contributed by atoms with van der Waals surface area (Å²) in [6.45, 7) is 2.18. The summed E-state index contributed by atoms with van der Waals surface area (Å²) < 4.78 is 18.4. The van der Waals surface area contributed by atoms with Crippen LogP contribution in [0.5, 0.6) is 0 Å². The van der Waals surface area contributed by atoms with Crippen LogP contribution in [0, 0.1) is 0 Å². The van der Waals surface area contributed by atoms with Gasteiger partial charge in [-0.3, -0.25) is 0 Å². The van der Waals surface area contributed by atoms with Crippen molar-refractivity contribution in [1.29, 1.82) is 0 Å². The molecule has 2 saturated heterocycles. The van der Waals surface area contributed by atoms with E-state index < -0.39 is 0 Å². The van der Waals surface area contributed by atoms with Crippen molar-refractivity contribution in [2.24, 2.45) is 0 Å². The molecular formula is C17H19BrN2O3. The fourth-order valence-electron chi connectivity index (χ4n) is 3.45. The normalized spacial score (nSPS) is 24.0. The predicted octanol–water partition coefficient (Wildman–Crippen LogP) is 3.78. The molecule has 0 amide bonds. The van der Waals surface area contributed by atoms with Gasteiger partial charge in [0, 0.05) is 24.3 Å². The van der Waals surface area contributed by atoms with Crippen LogP contribution in [0.4, 0.5) is 0 Å². The second kappa shape index (κ2) is 6.34. The van der Waals surface area contributed by atoms with E-state index >= 15 is 0 Å². The summed E-state index contributed by atoms with van der Waals surface area (Å²) >= 11 is 3.50. The summed E-state index contributed by atoms with van der Waals surface area (Å²) in [5, 5.41) is 8.66. The summed E-state index contributed by atoms with van der Waals surface area (Å²) in [4.78, 5) is 0. The quantitative estimate of drug-likeness (QED) is 0.813. The number of nitrogens with zero attached hydrogens (tertiary/aromatic N) is 2. The van der Waals surface area contributed by atoms with Gasteiger partial charge in [-0.25, -0.2) is 0 Å². The Morgan fingerprint density at radius 1 is 1.04 bits per heavy atom. The second-order valence-corrected chi connectivity index (χ2v) is 7.06. The minimum atomic E-state index is -0.261. The summed E-state index contributed by atoms with van der Waals surface area (Å²) in [6.07, 6.45) is 3.66. The van der Waals surface area contributed by atoms with Crippen LogP contribution in [0.1, 0.15) is 49.1 Å². The predicted molar refractivity (Wildman–Crippen MR) is 87.2 cm³/mol. The molecule has 4 rings (SSSR count). The highest BCUT2D eigenvalue weighted by Crippen LogP contribution is 2.41. The zero-order valence-electron chi connectivity index (χ0n) is 12.8. The first kappa shape index (κ1) is 15.3. The van der Waals surface area contributed by atoms with Crippen molar-refractivity contribution < 1.29 is 13.9 Å². The SMILES string of the molecule is Brc1ccc(C2(c3nnc([C@@H]4CCCO4)o3)CCOCC2)cc1. The maximum absolute atomic E-state index is 6.08.